The lowest BCUT2D eigenvalue weighted by molar-refractivity contribution is 0.102. The molecule has 3 rings (SSSR count). The molecule has 0 aliphatic heterocycles. The Kier molecular flexibility index (Phi) is 4.15. The zero-order valence-corrected chi connectivity index (χ0v) is 12.2. The number of aromatic hydroxyl groups is 1. The summed E-state index contributed by atoms with van der Waals surface area (Å²) in [5.41, 5.74) is 1.34. The summed E-state index contributed by atoms with van der Waals surface area (Å²) in [6.45, 7) is 0.0761. The number of nitrogens with zero attached hydrogens (tertiary/aromatic N) is 4. The first-order chi connectivity index (χ1) is 11.2. The SMILES string of the molecule is O=C(Nc1ccc2nnc(CCCO)n2c1)c1ccncc1O. The molecule has 0 aliphatic rings. The van der Waals surface area contributed by atoms with E-state index in [2.05, 4.69) is 20.5 Å². The lowest BCUT2D eigenvalue weighted by Crippen LogP contribution is -2.12. The molecule has 23 heavy (non-hydrogen) atoms. The maximum atomic E-state index is 12.2. The van der Waals surface area contributed by atoms with Gasteiger partial charge in [-0.1, -0.05) is 0 Å². The molecule has 0 aliphatic carbocycles. The van der Waals surface area contributed by atoms with Crippen molar-refractivity contribution in [3.05, 3.63) is 48.2 Å². The van der Waals surface area contributed by atoms with Gasteiger partial charge in [0.15, 0.2) is 5.65 Å². The first-order valence-electron chi connectivity index (χ1n) is 7.08. The first kappa shape index (κ1) is 14.9. The number of aryl methyl sites for hydroxylation is 1. The van der Waals surface area contributed by atoms with Crippen molar-refractivity contribution in [2.45, 2.75) is 12.8 Å². The molecular formula is C15H15N5O3. The third-order valence-electron chi connectivity index (χ3n) is 3.33. The van der Waals surface area contributed by atoms with Crippen molar-refractivity contribution in [2.24, 2.45) is 0 Å². The van der Waals surface area contributed by atoms with Crippen molar-refractivity contribution in [2.75, 3.05) is 11.9 Å². The van der Waals surface area contributed by atoms with E-state index in [1.807, 2.05) is 0 Å². The second kappa shape index (κ2) is 6.41. The summed E-state index contributed by atoms with van der Waals surface area (Å²) in [5, 5.41) is 29.4. The van der Waals surface area contributed by atoms with Crippen LogP contribution in [-0.2, 0) is 6.42 Å². The first-order valence-corrected chi connectivity index (χ1v) is 7.08. The molecule has 0 aromatic carbocycles. The Hall–Kier alpha value is -3.00. The molecule has 0 bridgehead atoms. The van der Waals surface area contributed by atoms with Crippen molar-refractivity contribution in [3.8, 4) is 5.75 Å². The topological polar surface area (TPSA) is 113 Å². The average molecular weight is 313 g/mol. The molecule has 1 amide bonds. The Morgan fingerprint density at radius 3 is 2.91 bits per heavy atom. The number of pyridine rings is 2. The minimum Gasteiger partial charge on any atom is -0.505 e. The van der Waals surface area contributed by atoms with E-state index < -0.39 is 5.91 Å². The summed E-state index contributed by atoms with van der Waals surface area (Å²) < 4.78 is 1.76. The van der Waals surface area contributed by atoms with Gasteiger partial charge in [0.2, 0.25) is 0 Å². The van der Waals surface area contributed by atoms with Crippen molar-refractivity contribution < 1.29 is 15.0 Å². The molecule has 118 valence electrons. The van der Waals surface area contributed by atoms with E-state index in [9.17, 15) is 9.90 Å². The molecule has 0 atom stereocenters. The molecular weight excluding hydrogens is 298 g/mol. The van der Waals surface area contributed by atoms with Crippen LogP contribution < -0.4 is 5.32 Å². The highest BCUT2D eigenvalue weighted by atomic mass is 16.3. The summed E-state index contributed by atoms with van der Waals surface area (Å²) >= 11 is 0. The van der Waals surface area contributed by atoms with Crippen molar-refractivity contribution in [1.29, 1.82) is 0 Å². The highest BCUT2D eigenvalue weighted by Crippen LogP contribution is 2.17. The van der Waals surface area contributed by atoms with Crippen LogP contribution in [0.1, 0.15) is 22.6 Å². The highest BCUT2D eigenvalue weighted by Gasteiger charge is 2.12. The van der Waals surface area contributed by atoms with Crippen LogP contribution in [0, 0.1) is 0 Å². The van der Waals surface area contributed by atoms with E-state index in [0.717, 1.165) is 0 Å². The van der Waals surface area contributed by atoms with Gasteiger partial charge in [-0.25, -0.2) is 0 Å². The van der Waals surface area contributed by atoms with Crippen LogP contribution in [0.5, 0.6) is 5.75 Å². The molecule has 8 nitrogen and oxygen atoms in total. The van der Waals surface area contributed by atoms with Gasteiger partial charge in [-0.05, 0) is 24.6 Å². The predicted molar refractivity (Wildman–Crippen MR) is 82.2 cm³/mol. The molecule has 3 aromatic rings. The molecule has 0 saturated heterocycles. The summed E-state index contributed by atoms with van der Waals surface area (Å²) in [6, 6.07) is 4.88. The number of hydrogen-bond donors (Lipinski definition) is 3. The monoisotopic (exact) mass is 313 g/mol. The highest BCUT2D eigenvalue weighted by molar-refractivity contribution is 6.05. The van der Waals surface area contributed by atoms with E-state index in [1.54, 1.807) is 22.7 Å². The van der Waals surface area contributed by atoms with Gasteiger partial charge in [0.25, 0.3) is 5.91 Å². The number of nitrogens with one attached hydrogen (secondary N) is 1. The Morgan fingerprint density at radius 2 is 2.13 bits per heavy atom. The molecule has 0 radical (unpaired) electrons. The lowest BCUT2D eigenvalue weighted by Gasteiger charge is -2.07. The second-order valence-electron chi connectivity index (χ2n) is 4.94. The number of rotatable bonds is 5. The minimum atomic E-state index is -0.436. The molecule has 0 fully saturated rings. The smallest absolute Gasteiger partial charge is 0.259 e. The fourth-order valence-electron chi connectivity index (χ4n) is 2.20. The number of carbonyl (C=O) groups is 1. The Bertz CT molecular complexity index is 846. The van der Waals surface area contributed by atoms with Crippen LogP contribution in [0.2, 0.25) is 0 Å². The van der Waals surface area contributed by atoms with Gasteiger partial charge in [-0.3, -0.25) is 14.2 Å². The Labute approximate surface area is 131 Å². The van der Waals surface area contributed by atoms with Crippen LogP contribution in [0.4, 0.5) is 5.69 Å². The standard InChI is InChI=1S/C15H15N5O3/c21-7-1-2-13-18-19-14-4-3-10(9-20(13)14)17-15(23)11-5-6-16-8-12(11)22/h3-6,8-9,21-22H,1-2,7H2,(H,17,23). The lowest BCUT2D eigenvalue weighted by atomic mass is 10.2. The summed E-state index contributed by atoms with van der Waals surface area (Å²) in [7, 11) is 0. The van der Waals surface area contributed by atoms with E-state index >= 15 is 0 Å². The number of aliphatic hydroxyl groups is 1. The number of carbonyl (C=O) groups excluding carboxylic acids is 1. The summed E-state index contributed by atoms with van der Waals surface area (Å²) in [6.07, 6.45) is 5.52. The predicted octanol–water partition coefficient (Wildman–Crippen LogP) is 1.01. The zero-order valence-electron chi connectivity index (χ0n) is 12.2. The number of amides is 1. The minimum absolute atomic E-state index is 0.0761. The quantitative estimate of drug-likeness (QED) is 0.648. The number of hydrogen-bond acceptors (Lipinski definition) is 6. The van der Waals surface area contributed by atoms with Crippen LogP contribution in [0.25, 0.3) is 5.65 Å². The summed E-state index contributed by atoms with van der Waals surface area (Å²) in [5.74, 6) is 0.0881. The van der Waals surface area contributed by atoms with Gasteiger partial charge in [0.05, 0.1) is 17.4 Å². The zero-order chi connectivity index (χ0) is 16.2. The molecule has 3 aromatic heterocycles. The maximum absolute atomic E-state index is 12.2. The van der Waals surface area contributed by atoms with E-state index in [1.165, 1.54) is 18.5 Å². The van der Waals surface area contributed by atoms with Gasteiger partial charge in [0.1, 0.15) is 11.6 Å². The molecule has 3 heterocycles. The van der Waals surface area contributed by atoms with Gasteiger partial charge in [-0.2, -0.15) is 0 Å². The van der Waals surface area contributed by atoms with Crippen molar-refractivity contribution in [1.82, 2.24) is 19.6 Å². The third-order valence-corrected chi connectivity index (χ3v) is 3.33. The number of aliphatic hydroxyl groups excluding tert-OH is 1. The molecule has 0 spiro atoms. The average Bonchev–Trinajstić information content (AvgIpc) is 2.95. The van der Waals surface area contributed by atoms with Gasteiger partial charge in [0, 0.05) is 25.4 Å². The van der Waals surface area contributed by atoms with Crippen LogP contribution in [-0.4, -0.2) is 42.3 Å². The van der Waals surface area contributed by atoms with Gasteiger partial charge >= 0.3 is 0 Å². The molecule has 8 heteroatoms. The van der Waals surface area contributed by atoms with E-state index in [-0.39, 0.29) is 17.9 Å². The van der Waals surface area contributed by atoms with Crippen LogP contribution in [0.15, 0.2) is 36.8 Å². The fraction of sp³-hybridized carbons (Fsp3) is 0.200. The fourth-order valence-corrected chi connectivity index (χ4v) is 2.20. The molecule has 0 unspecified atom stereocenters. The van der Waals surface area contributed by atoms with Crippen molar-refractivity contribution >= 4 is 17.2 Å². The normalized spacial score (nSPS) is 10.8. The number of fused-ring (bicyclic) bond motifs is 1. The second-order valence-corrected chi connectivity index (χ2v) is 4.94. The maximum Gasteiger partial charge on any atom is 0.259 e. The Morgan fingerprint density at radius 1 is 1.26 bits per heavy atom. The van der Waals surface area contributed by atoms with Crippen LogP contribution in [0.3, 0.4) is 0 Å². The van der Waals surface area contributed by atoms with Gasteiger partial charge in [-0.15, -0.1) is 10.2 Å². The van der Waals surface area contributed by atoms with Crippen LogP contribution >= 0.6 is 0 Å². The molecule has 3 N–H and O–H groups in total. The Balaban J connectivity index is 1.85. The molecule has 0 saturated carbocycles. The van der Waals surface area contributed by atoms with Gasteiger partial charge < -0.3 is 15.5 Å². The number of anilines is 1. The largest absolute Gasteiger partial charge is 0.505 e. The van der Waals surface area contributed by atoms with Crippen molar-refractivity contribution in [3.63, 3.8) is 0 Å². The third kappa shape index (κ3) is 3.11. The van der Waals surface area contributed by atoms with E-state index in [0.29, 0.717) is 30.0 Å². The summed E-state index contributed by atoms with van der Waals surface area (Å²) in [4.78, 5) is 15.9. The van der Waals surface area contributed by atoms with E-state index in [4.69, 9.17) is 5.11 Å². The number of aromatic nitrogens is 4.